The molecular weight excluding hydrogens is 269 g/mol. The molecule has 0 atom stereocenters. The number of carbonyl (C=O) groups excluding carboxylic acids is 1. The second-order valence-corrected chi connectivity index (χ2v) is 4.49. The molecule has 98 valence electrons. The number of nitrogens with one attached hydrogen (secondary N) is 1. The Bertz CT molecular complexity index is 643. The van der Waals surface area contributed by atoms with Gasteiger partial charge in [0.15, 0.2) is 0 Å². The van der Waals surface area contributed by atoms with Gasteiger partial charge in [0.25, 0.3) is 5.91 Å². The lowest BCUT2D eigenvalue weighted by Crippen LogP contribution is -2.12. The van der Waals surface area contributed by atoms with Crippen molar-refractivity contribution in [1.82, 2.24) is 0 Å². The van der Waals surface area contributed by atoms with Gasteiger partial charge in [-0.15, -0.1) is 0 Å². The summed E-state index contributed by atoms with van der Waals surface area (Å²) >= 11 is 5.66. The maximum Gasteiger partial charge on any atom is 0.255 e. The number of hydrogen-bond acceptors (Lipinski definition) is 2. The molecule has 19 heavy (non-hydrogen) atoms. The van der Waals surface area contributed by atoms with E-state index < -0.39 is 11.7 Å². The first-order chi connectivity index (χ1) is 8.97. The lowest BCUT2D eigenvalue weighted by Gasteiger charge is -2.07. The van der Waals surface area contributed by atoms with Crippen molar-refractivity contribution in [2.45, 2.75) is 6.92 Å². The number of rotatable bonds is 2. The van der Waals surface area contributed by atoms with Gasteiger partial charge in [0.2, 0.25) is 0 Å². The van der Waals surface area contributed by atoms with Crippen LogP contribution in [0.15, 0.2) is 36.4 Å². The highest BCUT2D eigenvalue weighted by Crippen LogP contribution is 2.26. The quantitative estimate of drug-likeness (QED) is 0.880. The number of anilines is 1. The second kappa shape index (κ2) is 5.28. The van der Waals surface area contributed by atoms with Gasteiger partial charge >= 0.3 is 0 Å². The molecule has 0 spiro atoms. The summed E-state index contributed by atoms with van der Waals surface area (Å²) in [4.78, 5) is 11.9. The second-order valence-electron chi connectivity index (χ2n) is 4.08. The Hall–Kier alpha value is -2.07. The molecule has 2 N–H and O–H groups in total. The van der Waals surface area contributed by atoms with Gasteiger partial charge in [0.05, 0.1) is 5.02 Å². The molecule has 0 saturated carbocycles. The van der Waals surface area contributed by atoms with Crippen molar-refractivity contribution in [3.8, 4) is 5.75 Å². The number of aromatic hydroxyl groups is 1. The number of benzene rings is 2. The van der Waals surface area contributed by atoms with E-state index in [1.807, 2.05) is 0 Å². The molecule has 0 radical (unpaired) electrons. The average Bonchev–Trinajstić information content (AvgIpc) is 2.37. The number of phenolic OH excluding ortho intramolecular Hbond substituents is 1. The van der Waals surface area contributed by atoms with Crippen molar-refractivity contribution in [3.63, 3.8) is 0 Å². The van der Waals surface area contributed by atoms with Gasteiger partial charge in [0, 0.05) is 17.3 Å². The zero-order valence-corrected chi connectivity index (χ0v) is 10.8. The van der Waals surface area contributed by atoms with E-state index in [4.69, 9.17) is 11.6 Å². The van der Waals surface area contributed by atoms with Gasteiger partial charge in [-0.05, 0) is 36.8 Å². The Morgan fingerprint density at radius 3 is 2.63 bits per heavy atom. The largest absolute Gasteiger partial charge is 0.506 e. The van der Waals surface area contributed by atoms with Crippen LogP contribution in [0.4, 0.5) is 10.1 Å². The van der Waals surface area contributed by atoms with E-state index in [-0.39, 0.29) is 16.3 Å². The summed E-state index contributed by atoms with van der Waals surface area (Å²) in [6.45, 7) is 1.62. The Balaban J connectivity index is 2.20. The van der Waals surface area contributed by atoms with Crippen LogP contribution in [0.2, 0.25) is 5.02 Å². The van der Waals surface area contributed by atoms with Gasteiger partial charge in [0.1, 0.15) is 11.6 Å². The van der Waals surface area contributed by atoms with Gasteiger partial charge in [-0.2, -0.15) is 0 Å². The molecule has 0 heterocycles. The Kier molecular flexibility index (Phi) is 3.71. The van der Waals surface area contributed by atoms with Crippen LogP contribution in [-0.4, -0.2) is 11.0 Å². The van der Waals surface area contributed by atoms with E-state index >= 15 is 0 Å². The number of phenols is 1. The van der Waals surface area contributed by atoms with Crippen LogP contribution >= 0.6 is 11.6 Å². The number of aryl methyl sites for hydroxylation is 1. The summed E-state index contributed by atoms with van der Waals surface area (Å²) in [6.07, 6.45) is 0. The molecule has 3 nitrogen and oxygen atoms in total. The number of amides is 1. The van der Waals surface area contributed by atoms with Crippen LogP contribution in [0.3, 0.4) is 0 Å². The molecule has 0 unspecified atom stereocenters. The molecule has 0 aliphatic rings. The number of hydrogen-bond donors (Lipinski definition) is 2. The molecule has 0 saturated heterocycles. The lowest BCUT2D eigenvalue weighted by atomic mass is 10.1. The van der Waals surface area contributed by atoms with Gasteiger partial charge in [-0.25, -0.2) is 4.39 Å². The van der Waals surface area contributed by atoms with Crippen molar-refractivity contribution >= 4 is 23.2 Å². The van der Waals surface area contributed by atoms with Gasteiger partial charge in [-0.3, -0.25) is 4.79 Å². The summed E-state index contributed by atoms with van der Waals surface area (Å²) in [5.41, 5.74) is 1.06. The maximum absolute atomic E-state index is 13.4. The van der Waals surface area contributed by atoms with Crippen LogP contribution in [0.5, 0.6) is 5.75 Å². The topological polar surface area (TPSA) is 49.3 Å². The van der Waals surface area contributed by atoms with Crippen molar-refractivity contribution < 1.29 is 14.3 Å². The molecule has 0 aliphatic heterocycles. The minimum absolute atomic E-state index is 0.130. The molecule has 0 bridgehead atoms. The van der Waals surface area contributed by atoms with Crippen molar-refractivity contribution in [2.75, 3.05) is 5.32 Å². The van der Waals surface area contributed by atoms with Crippen molar-refractivity contribution in [1.29, 1.82) is 0 Å². The third-order valence-electron chi connectivity index (χ3n) is 2.64. The van der Waals surface area contributed by atoms with Crippen molar-refractivity contribution in [3.05, 3.63) is 58.4 Å². The minimum Gasteiger partial charge on any atom is -0.506 e. The molecule has 5 heteroatoms. The Labute approximate surface area is 114 Å². The van der Waals surface area contributed by atoms with Crippen LogP contribution < -0.4 is 5.32 Å². The standard InChI is InChI=1S/C14H11ClFNO2/c1-8-2-3-9(6-12(8)16)14(19)17-10-4-5-11(15)13(18)7-10/h2-7,18H,1H3,(H,17,19). The summed E-state index contributed by atoms with van der Waals surface area (Å²) in [7, 11) is 0. The fourth-order valence-corrected chi connectivity index (χ4v) is 1.65. The van der Waals surface area contributed by atoms with E-state index in [1.165, 1.54) is 30.3 Å². The smallest absolute Gasteiger partial charge is 0.255 e. The fourth-order valence-electron chi connectivity index (χ4n) is 1.53. The van der Waals surface area contributed by atoms with E-state index in [0.717, 1.165) is 0 Å². The SMILES string of the molecule is Cc1ccc(C(=O)Nc2ccc(Cl)c(O)c2)cc1F. The first-order valence-corrected chi connectivity index (χ1v) is 5.91. The molecule has 0 aromatic heterocycles. The lowest BCUT2D eigenvalue weighted by molar-refractivity contribution is 0.102. The highest BCUT2D eigenvalue weighted by Gasteiger charge is 2.09. The molecule has 0 fully saturated rings. The van der Waals surface area contributed by atoms with Gasteiger partial charge in [-0.1, -0.05) is 17.7 Å². The first kappa shape index (κ1) is 13.4. The summed E-state index contributed by atoms with van der Waals surface area (Å²) in [5, 5.41) is 12.2. The molecule has 2 aromatic carbocycles. The Morgan fingerprint density at radius 2 is 2.00 bits per heavy atom. The van der Waals surface area contributed by atoms with Gasteiger partial charge < -0.3 is 10.4 Å². The van der Waals surface area contributed by atoms with E-state index in [1.54, 1.807) is 13.0 Å². The van der Waals surface area contributed by atoms with E-state index in [2.05, 4.69) is 5.32 Å². The number of halogens is 2. The predicted octanol–water partition coefficient (Wildman–Crippen LogP) is 3.75. The van der Waals surface area contributed by atoms with Crippen LogP contribution in [0.25, 0.3) is 0 Å². The third-order valence-corrected chi connectivity index (χ3v) is 2.96. The van der Waals surface area contributed by atoms with Crippen LogP contribution in [-0.2, 0) is 0 Å². The average molecular weight is 280 g/mol. The predicted molar refractivity (Wildman–Crippen MR) is 72.2 cm³/mol. The first-order valence-electron chi connectivity index (χ1n) is 5.53. The maximum atomic E-state index is 13.4. The van der Waals surface area contributed by atoms with E-state index in [0.29, 0.717) is 11.3 Å². The minimum atomic E-state index is -0.458. The van der Waals surface area contributed by atoms with Crippen LogP contribution in [0.1, 0.15) is 15.9 Å². The van der Waals surface area contributed by atoms with Crippen molar-refractivity contribution in [2.24, 2.45) is 0 Å². The summed E-state index contributed by atoms with van der Waals surface area (Å²) in [6, 6.07) is 8.56. The van der Waals surface area contributed by atoms with Crippen LogP contribution in [0, 0.1) is 12.7 Å². The van der Waals surface area contributed by atoms with E-state index in [9.17, 15) is 14.3 Å². The molecule has 2 aromatic rings. The zero-order chi connectivity index (χ0) is 14.0. The Morgan fingerprint density at radius 1 is 1.26 bits per heavy atom. The number of carbonyl (C=O) groups is 1. The zero-order valence-electron chi connectivity index (χ0n) is 10.1. The molecular formula is C14H11ClFNO2. The fraction of sp³-hybridized carbons (Fsp3) is 0.0714. The third kappa shape index (κ3) is 3.03. The highest BCUT2D eigenvalue weighted by atomic mass is 35.5. The summed E-state index contributed by atoms with van der Waals surface area (Å²) < 4.78 is 13.4. The highest BCUT2D eigenvalue weighted by molar-refractivity contribution is 6.32. The molecule has 0 aliphatic carbocycles. The molecule has 1 amide bonds. The summed E-state index contributed by atoms with van der Waals surface area (Å²) in [5.74, 6) is -1.03. The molecule has 2 rings (SSSR count). The monoisotopic (exact) mass is 279 g/mol. The normalized spacial score (nSPS) is 10.3.